The molecule has 0 saturated heterocycles. The lowest BCUT2D eigenvalue weighted by Gasteiger charge is -2.08. The fraction of sp³-hybridized carbons (Fsp3) is 0. The second-order valence-electron chi connectivity index (χ2n) is 4.25. The van der Waals surface area contributed by atoms with Crippen LogP contribution >= 0.6 is 11.6 Å². The molecule has 3 rings (SSSR count). The van der Waals surface area contributed by atoms with Gasteiger partial charge in [-0.2, -0.15) is 0 Å². The lowest BCUT2D eigenvalue weighted by molar-refractivity contribution is -0.384. The normalized spacial score (nSPS) is 10.5. The number of rotatable bonds is 3. The largest absolute Gasteiger partial charge is 0.281 e. The highest BCUT2D eigenvalue weighted by molar-refractivity contribution is 6.33. The van der Waals surface area contributed by atoms with Gasteiger partial charge in [-0.05, 0) is 18.2 Å². The van der Waals surface area contributed by atoms with E-state index in [2.05, 4.69) is 10.2 Å². The van der Waals surface area contributed by atoms with Crippen molar-refractivity contribution in [3.8, 4) is 17.1 Å². The van der Waals surface area contributed by atoms with Crippen LogP contribution < -0.4 is 0 Å². The van der Waals surface area contributed by atoms with E-state index < -0.39 is 4.92 Å². The maximum absolute atomic E-state index is 11.2. The van der Waals surface area contributed by atoms with Crippen LogP contribution in [0, 0.1) is 10.1 Å². The maximum atomic E-state index is 11.2. The molecule has 0 spiro atoms. The van der Waals surface area contributed by atoms with Gasteiger partial charge in [-0.1, -0.05) is 35.9 Å². The molecule has 0 N–H and O–H groups in total. The molecule has 2 aromatic carbocycles. The van der Waals surface area contributed by atoms with Crippen LogP contribution in [0.5, 0.6) is 0 Å². The van der Waals surface area contributed by atoms with E-state index in [-0.39, 0.29) is 16.3 Å². The van der Waals surface area contributed by atoms with Gasteiger partial charge >= 0.3 is 0 Å². The Morgan fingerprint density at radius 2 is 1.86 bits per heavy atom. The standard InChI is InChI=1S/C14H9ClN4O2/c15-11-7-4-8-12(19(20)21)13(11)14-17-16-9-18(14)10-5-2-1-3-6-10/h1-9H. The van der Waals surface area contributed by atoms with Gasteiger partial charge in [-0.25, -0.2) is 0 Å². The minimum atomic E-state index is -0.481. The number of para-hydroxylation sites is 1. The minimum Gasteiger partial charge on any atom is -0.281 e. The van der Waals surface area contributed by atoms with Crippen molar-refractivity contribution in [3.63, 3.8) is 0 Å². The highest BCUT2D eigenvalue weighted by Crippen LogP contribution is 2.35. The molecule has 0 bridgehead atoms. The number of nitrogens with zero attached hydrogens (tertiary/aromatic N) is 4. The molecule has 0 atom stereocenters. The monoisotopic (exact) mass is 300 g/mol. The molecule has 1 heterocycles. The highest BCUT2D eigenvalue weighted by atomic mass is 35.5. The predicted molar refractivity (Wildman–Crippen MR) is 78.5 cm³/mol. The molecule has 104 valence electrons. The number of hydrogen-bond acceptors (Lipinski definition) is 4. The van der Waals surface area contributed by atoms with Crippen LogP contribution in [0.4, 0.5) is 5.69 Å². The van der Waals surface area contributed by atoms with E-state index in [1.807, 2.05) is 30.3 Å². The third kappa shape index (κ3) is 2.36. The summed E-state index contributed by atoms with van der Waals surface area (Å²) < 4.78 is 1.66. The average molecular weight is 301 g/mol. The number of hydrogen-bond donors (Lipinski definition) is 0. The quantitative estimate of drug-likeness (QED) is 0.548. The van der Waals surface area contributed by atoms with E-state index in [0.29, 0.717) is 5.82 Å². The summed E-state index contributed by atoms with van der Waals surface area (Å²) in [4.78, 5) is 10.7. The summed E-state index contributed by atoms with van der Waals surface area (Å²) in [5.41, 5.74) is 0.949. The highest BCUT2D eigenvalue weighted by Gasteiger charge is 2.23. The first kappa shape index (κ1) is 13.3. The molecule has 0 aliphatic rings. The second kappa shape index (κ2) is 5.34. The zero-order chi connectivity index (χ0) is 14.8. The lowest BCUT2D eigenvalue weighted by atomic mass is 10.1. The predicted octanol–water partition coefficient (Wildman–Crippen LogP) is 3.50. The molecule has 0 fully saturated rings. The molecule has 21 heavy (non-hydrogen) atoms. The molecular formula is C14H9ClN4O2. The molecule has 0 aliphatic heterocycles. The Bertz CT molecular complexity index is 802. The summed E-state index contributed by atoms with van der Waals surface area (Å²) in [6, 6.07) is 13.8. The van der Waals surface area contributed by atoms with E-state index >= 15 is 0 Å². The maximum Gasteiger partial charge on any atom is 0.281 e. The van der Waals surface area contributed by atoms with Gasteiger partial charge in [0.15, 0.2) is 5.82 Å². The van der Waals surface area contributed by atoms with Gasteiger partial charge in [0.05, 0.1) is 9.95 Å². The van der Waals surface area contributed by atoms with Gasteiger partial charge < -0.3 is 0 Å². The van der Waals surface area contributed by atoms with Crippen LogP contribution in [-0.2, 0) is 0 Å². The van der Waals surface area contributed by atoms with Crippen LogP contribution in [0.25, 0.3) is 17.1 Å². The van der Waals surface area contributed by atoms with Gasteiger partial charge in [0.2, 0.25) is 0 Å². The van der Waals surface area contributed by atoms with Gasteiger partial charge in [0.25, 0.3) is 5.69 Å². The first-order chi connectivity index (χ1) is 10.2. The first-order valence-electron chi connectivity index (χ1n) is 6.07. The molecule has 0 amide bonds. The molecule has 0 unspecified atom stereocenters. The fourth-order valence-corrected chi connectivity index (χ4v) is 2.32. The van der Waals surface area contributed by atoms with Crippen molar-refractivity contribution >= 4 is 17.3 Å². The van der Waals surface area contributed by atoms with E-state index in [1.165, 1.54) is 18.5 Å². The summed E-state index contributed by atoms with van der Waals surface area (Å²) in [5, 5.41) is 19.3. The van der Waals surface area contributed by atoms with E-state index in [1.54, 1.807) is 10.6 Å². The smallest absolute Gasteiger partial charge is 0.281 e. The van der Waals surface area contributed by atoms with E-state index in [9.17, 15) is 10.1 Å². The third-order valence-electron chi connectivity index (χ3n) is 2.99. The Hall–Kier alpha value is -2.73. The lowest BCUT2D eigenvalue weighted by Crippen LogP contribution is -2.00. The van der Waals surface area contributed by atoms with Crippen LogP contribution in [-0.4, -0.2) is 19.7 Å². The van der Waals surface area contributed by atoms with Crippen LogP contribution in [0.3, 0.4) is 0 Å². The van der Waals surface area contributed by atoms with Crippen LogP contribution in [0.15, 0.2) is 54.9 Å². The molecule has 0 aliphatic carbocycles. The van der Waals surface area contributed by atoms with Crippen molar-refractivity contribution in [2.75, 3.05) is 0 Å². The first-order valence-corrected chi connectivity index (χ1v) is 6.45. The number of halogens is 1. The Morgan fingerprint density at radius 1 is 1.10 bits per heavy atom. The van der Waals surface area contributed by atoms with Gasteiger partial charge in [0, 0.05) is 11.8 Å². The Balaban J connectivity index is 2.25. The summed E-state index contributed by atoms with van der Waals surface area (Å²) in [6.07, 6.45) is 1.50. The number of aromatic nitrogens is 3. The molecule has 0 saturated carbocycles. The van der Waals surface area contributed by atoms with Crippen molar-refractivity contribution in [2.24, 2.45) is 0 Å². The molecular weight excluding hydrogens is 292 g/mol. The Kier molecular flexibility index (Phi) is 3.37. The molecule has 3 aromatic rings. The molecule has 0 radical (unpaired) electrons. The summed E-state index contributed by atoms with van der Waals surface area (Å²) >= 11 is 6.14. The topological polar surface area (TPSA) is 73.8 Å². The number of benzene rings is 2. The Labute approximate surface area is 124 Å². The van der Waals surface area contributed by atoms with Crippen molar-refractivity contribution in [1.29, 1.82) is 0 Å². The summed E-state index contributed by atoms with van der Waals surface area (Å²) in [5.74, 6) is 0.332. The summed E-state index contributed by atoms with van der Waals surface area (Å²) in [6.45, 7) is 0. The van der Waals surface area contributed by atoms with Gasteiger partial charge in [-0.15, -0.1) is 10.2 Å². The Morgan fingerprint density at radius 3 is 2.57 bits per heavy atom. The van der Waals surface area contributed by atoms with Crippen molar-refractivity contribution < 1.29 is 4.92 Å². The average Bonchev–Trinajstić information content (AvgIpc) is 2.96. The summed E-state index contributed by atoms with van der Waals surface area (Å²) in [7, 11) is 0. The zero-order valence-corrected chi connectivity index (χ0v) is 11.4. The van der Waals surface area contributed by atoms with Gasteiger partial charge in [-0.3, -0.25) is 14.7 Å². The second-order valence-corrected chi connectivity index (χ2v) is 4.66. The molecule has 7 heteroatoms. The van der Waals surface area contributed by atoms with Crippen LogP contribution in [0.2, 0.25) is 5.02 Å². The zero-order valence-electron chi connectivity index (χ0n) is 10.7. The van der Waals surface area contributed by atoms with Gasteiger partial charge in [0.1, 0.15) is 11.9 Å². The SMILES string of the molecule is O=[N+]([O-])c1cccc(Cl)c1-c1nncn1-c1ccccc1. The van der Waals surface area contributed by atoms with E-state index in [4.69, 9.17) is 11.6 Å². The fourth-order valence-electron chi connectivity index (χ4n) is 2.07. The van der Waals surface area contributed by atoms with Crippen molar-refractivity contribution in [2.45, 2.75) is 0 Å². The van der Waals surface area contributed by atoms with Crippen molar-refractivity contribution in [1.82, 2.24) is 14.8 Å². The van der Waals surface area contributed by atoms with Crippen LogP contribution in [0.1, 0.15) is 0 Å². The van der Waals surface area contributed by atoms with Crippen molar-refractivity contribution in [3.05, 3.63) is 70.0 Å². The number of nitro benzene ring substituents is 1. The molecule has 6 nitrogen and oxygen atoms in total. The number of nitro groups is 1. The van der Waals surface area contributed by atoms with E-state index in [0.717, 1.165) is 5.69 Å². The molecule has 1 aromatic heterocycles. The minimum absolute atomic E-state index is 0.104. The third-order valence-corrected chi connectivity index (χ3v) is 3.31.